The lowest BCUT2D eigenvalue weighted by atomic mass is 10.0. The fraction of sp³-hybridized carbons (Fsp3) is 1.00. The summed E-state index contributed by atoms with van der Waals surface area (Å²) in [4.78, 5) is 9.66. The summed E-state index contributed by atoms with van der Waals surface area (Å²) in [5.74, 6) is 2.02. The first-order valence-corrected chi connectivity index (χ1v) is 16.5. The monoisotopic (exact) mass is 528 g/mol. The van der Waals surface area contributed by atoms with E-state index in [1.54, 1.807) is 0 Å². The minimum atomic E-state index is -3.92. The fourth-order valence-electron chi connectivity index (χ4n) is 3.65. The van der Waals surface area contributed by atoms with Crippen LogP contribution in [0.5, 0.6) is 0 Å². The Labute approximate surface area is 215 Å². The zero-order chi connectivity index (χ0) is 25.5. The Morgan fingerprint density at radius 1 is 0.765 bits per heavy atom. The van der Waals surface area contributed by atoms with E-state index < -0.39 is 14.0 Å². The van der Waals surface area contributed by atoms with Crippen molar-refractivity contribution in [3.63, 3.8) is 0 Å². The molecule has 8 heteroatoms. The van der Waals surface area contributed by atoms with Gasteiger partial charge in [0.05, 0.1) is 27.7 Å². The summed E-state index contributed by atoms with van der Waals surface area (Å²) in [6, 6.07) is 0. The van der Waals surface area contributed by atoms with Gasteiger partial charge in [0, 0.05) is 0 Å². The van der Waals surface area contributed by atoms with Crippen LogP contribution >= 0.6 is 19.6 Å². The van der Waals surface area contributed by atoms with E-state index in [1.807, 2.05) is 32.9 Å². The summed E-state index contributed by atoms with van der Waals surface area (Å²) in [5.41, 5.74) is 0. The first-order chi connectivity index (χ1) is 16.2. The van der Waals surface area contributed by atoms with Crippen molar-refractivity contribution >= 4 is 19.6 Å². The molecule has 0 bridgehead atoms. The zero-order valence-electron chi connectivity index (χ0n) is 22.8. The summed E-state index contributed by atoms with van der Waals surface area (Å²) in [5, 5.41) is 0. The van der Waals surface area contributed by atoms with Gasteiger partial charge < -0.3 is 9.38 Å². The molecule has 0 spiro atoms. The number of hydrogen-bond donors (Lipinski definition) is 1. The predicted molar refractivity (Wildman–Crippen MR) is 146 cm³/mol. The Morgan fingerprint density at radius 3 is 1.79 bits per heavy atom. The van der Waals surface area contributed by atoms with E-state index in [-0.39, 0.29) is 13.2 Å². The van der Waals surface area contributed by atoms with Gasteiger partial charge in [0.15, 0.2) is 0 Å². The average molecular weight is 529 g/mol. The number of quaternary nitrogens is 1. The number of phosphoric ester groups is 1. The Balaban J connectivity index is 3.35. The van der Waals surface area contributed by atoms with Crippen molar-refractivity contribution in [1.82, 2.24) is 0 Å². The van der Waals surface area contributed by atoms with Gasteiger partial charge in [0.25, 0.3) is 0 Å². The molecule has 0 saturated heterocycles. The van der Waals surface area contributed by atoms with Gasteiger partial charge in [-0.25, -0.2) is 8.96 Å². The molecule has 206 valence electrons. The third-order valence-corrected chi connectivity index (χ3v) is 8.05. The van der Waals surface area contributed by atoms with Crippen molar-refractivity contribution in [2.24, 2.45) is 0 Å². The minimum absolute atomic E-state index is 0.206. The number of nitrogens with zero attached hydrogens (tertiary/aromatic N) is 1. The molecule has 5 nitrogen and oxygen atoms in total. The number of thioether (sulfide) groups is 1. The fourth-order valence-corrected chi connectivity index (χ4v) is 5.34. The number of phosphoric acid groups is 1. The van der Waals surface area contributed by atoms with Gasteiger partial charge in [-0.3, -0.25) is 9.05 Å². The highest BCUT2D eigenvalue weighted by Crippen LogP contribution is 2.43. The Kier molecular flexibility index (Phi) is 22.8. The number of rotatable bonds is 26. The Bertz CT molecular complexity index is 494. The van der Waals surface area contributed by atoms with Gasteiger partial charge in [-0.2, -0.15) is 11.8 Å². The van der Waals surface area contributed by atoms with E-state index in [2.05, 4.69) is 6.92 Å². The molecule has 0 amide bonds. The maximum atomic E-state index is 14.0. The maximum Gasteiger partial charge on any atom is 0.472 e. The van der Waals surface area contributed by atoms with Gasteiger partial charge in [-0.05, 0) is 37.2 Å². The first-order valence-electron chi connectivity index (χ1n) is 13.8. The second-order valence-electron chi connectivity index (χ2n) is 10.5. The van der Waals surface area contributed by atoms with Gasteiger partial charge in [0.2, 0.25) is 0 Å². The van der Waals surface area contributed by atoms with Crippen LogP contribution in [0, 0.1) is 0 Å². The SMILES string of the molecule is CCCCCCCCCCC(F)CCCCCCCSCCCOP(=O)(O)OCC[N+](C)(C)C. The number of likely N-dealkylation sites (N-methyl/N-ethyl adjacent to an activating group) is 1. The molecule has 34 heavy (non-hydrogen) atoms. The molecule has 0 aliphatic rings. The van der Waals surface area contributed by atoms with Crippen LogP contribution in [0.2, 0.25) is 0 Å². The summed E-state index contributed by atoms with van der Waals surface area (Å²) >= 11 is 1.86. The third kappa shape index (κ3) is 26.9. The molecule has 0 aromatic heterocycles. The lowest BCUT2D eigenvalue weighted by Crippen LogP contribution is -2.37. The van der Waals surface area contributed by atoms with Gasteiger partial charge in [-0.1, -0.05) is 84.0 Å². The normalized spacial score (nSPS) is 14.9. The highest BCUT2D eigenvalue weighted by Gasteiger charge is 2.22. The number of alkyl halides is 1. The molecule has 0 fully saturated rings. The van der Waals surface area contributed by atoms with Crippen molar-refractivity contribution in [2.75, 3.05) is 52.4 Å². The van der Waals surface area contributed by atoms with E-state index in [9.17, 15) is 13.8 Å². The van der Waals surface area contributed by atoms with Gasteiger partial charge in [0.1, 0.15) is 19.3 Å². The van der Waals surface area contributed by atoms with Crippen molar-refractivity contribution in [3.8, 4) is 0 Å². The molecule has 1 N–H and O–H groups in total. The molecule has 2 atom stereocenters. The van der Waals surface area contributed by atoms with Gasteiger partial charge >= 0.3 is 7.82 Å². The largest absolute Gasteiger partial charge is 0.472 e. The number of halogens is 1. The van der Waals surface area contributed by atoms with Crippen molar-refractivity contribution in [3.05, 3.63) is 0 Å². The Hall–Kier alpha value is 0.350. The molecule has 0 radical (unpaired) electrons. The standard InChI is InChI=1S/C26H55FNO4PS/c1-5-6-7-8-9-10-12-15-19-26(27)20-16-13-11-14-17-24-34-25-18-22-31-33(29,30)32-23-21-28(2,3)4/h26H,5-25H2,1-4H3/p+1. The predicted octanol–water partition coefficient (Wildman–Crippen LogP) is 8.16. The van der Waals surface area contributed by atoms with E-state index in [4.69, 9.17) is 9.05 Å². The maximum absolute atomic E-state index is 14.0. The lowest BCUT2D eigenvalue weighted by molar-refractivity contribution is -0.870. The van der Waals surface area contributed by atoms with E-state index >= 15 is 0 Å². The summed E-state index contributed by atoms with van der Waals surface area (Å²) in [6.45, 7) is 3.34. The number of hydrogen-bond acceptors (Lipinski definition) is 4. The molecule has 2 unspecified atom stereocenters. The van der Waals surface area contributed by atoms with Crippen LogP contribution in [0.25, 0.3) is 0 Å². The summed E-state index contributed by atoms with van der Waals surface area (Å²) in [7, 11) is 2.08. The van der Waals surface area contributed by atoms with E-state index in [0.29, 0.717) is 11.0 Å². The lowest BCUT2D eigenvalue weighted by Gasteiger charge is -2.24. The second-order valence-corrected chi connectivity index (χ2v) is 13.2. The topological polar surface area (TPSA) is 55.8 Å². The highest BCUT2D eigenvalue weighted by atomic mass is 32.2. The highest BCUT2D eigenvalue weighted by molar-refractivity contribution is 7.99. The van der Waals surface area contributed by atoms with Gasteiger partial charge in [-0.15, -0.1) is 0 Å². The molecule has 0 rings (SSSR count). The molecule has 0 aliphatic heterocycles. The van der Waals surface area contributed by atoms with E-state index in [1.165, 1.54) is 64.2 Å². The average Bonchev–Trinajstić information content (AvgIpc) is 2.75. The van der Waals surface area contributed by atoms with Crippen LogP contribution in [0.1, 0.15) is 110 Å². The van der Waals surface area contributed by atoms with E-state index in [0.717, 1.165) is 50.0 Å². The smallest absolute Gasteiger partial charge is 0.329 e. The zero-order valence-corrected chi connectivity index (χ0v) is 24.5. The van der Waals surface area contributed by atoms with Crippen LogP contribution in [-0.2, 0) is 13.6 Å². The van der Waals surface area contributed by atoms with Crippen LogP contribution in [-0.4, -0.2) is 68.0 Å². The minimum Gasteiger partial charge on any atom is -0.329 e. The molecule has 0 aromatic carbocycles. The number of unbranched alkanes of at least 4 members (excludes halogenated alkanes) is 11. The second kappa shape index (κ2) is 22.5. The van der Waals surface area contributed by atoms with Crippen LogP contribution in [0.4, 0.5) is 4.39 Å². The van der Waals surface area contributed by atoms with Crippen LogP contribution < -0.4 is 0 Å². The molecule has 0 heterocycles. The molecular formula is C26H56FNO4PS+. The third-order valence-electron chi connectivity index (χ3n) is 5.88. The first kappa shape index (κ1) is 34.4. The van der Waals surface area contributed by atoms with Crippen LogP contribution in [0.15, 0.2) is 0 Å². The van der Waals surface area contributed by atoms with Crippen molar-refractivity contribution in [2.45, 2.75) is 116 Å². The Morgan fingerprint density at radius 2 is 1.24 bits per heavy atom. The summed E-state index contributed by atoms with van der Waals surface area (Å²) in [6.07, 6.45) is 17.5. The molecule has 0 aromatic rings. The van der Waals surface area contributed by atoms with Crippen molar-refractivity contribution in [1.29, 1.82) is 0 Å². The quantitative estimate of drug-likeness (QED) is 0.0697. The van der Waals surface area contributed by atoms with Crippen LogP contribution in [0.3, 0.4) is 0 Å². The summed E-state index contributed by atoms with van der Waals surface area (Å²) < 4.78 is 36.5. The molecular weight excluding hydrogens is 472 g/mol. The molecule has 0 saturated carbocycles. The molecule has 0 aliphatic carbocycles. The van der Waals surface area contributed by atoms with Crippen molar-refractivity contribution < 1.29 is 27.4 Å².